The van der Waals surface area contributed by atoms with Crippen molar-refractivity contribution >= 4 is 53.3 Å². The summed E-state index contributed by atoms with van der Waals surface area (Å²) in [4.78, 5) is -0.198. The molecule has 0 aliphatic carbocycles. The van der Waals surface area contributed by atoms with Gasteiger partial charge in [-0.05, 0) is 52.3 Å². The summed E-state index contributed by atoms with van der Waals surface area (Å²) < 4.78 is 41.4. The van der Waals surface area contributed by atoms with Gasteiger partial charge in [-0.1, -0.05) is 15.9 Å². The molecule has 8 heteroatoms. The summed E-state index contributed by atoms with van der Waals surface area (Å²) in [6, 6.07) is 8.36. The molecule has 0 unspecified atom stereocenters. The molecule has 0 radical (unpaired) electrons. The lowest BCUT2D eigenvalue weighted by Crippen LogP contribution is -2.13. The average molecular weight is 424 g/mol. The largest absolute Gasteiger partial charge is 0.396 e. The Balaban J connectivity index is 2.40. The second-order valence-electron chi connectivity index (χ2n) is 3.91. The molecule has 2 aromatic carbocycles. The van der Waals surface area contributed by atoms with Crippen LogP contribution in [0.1, 0.15) is 0 Å². The molecule has 0 bridgehead atoms. The highest BCUT2D eigenvalue weighted by Gasteiger charge is 2.17. The fourth-order valence-electron chi connectivity index (χ4n) is 1.45. The summed E-state index contributed by atoms with van der Waals surface area (Å²) in [6.07, 6.45) is 0. The van der Waals surface area contributed by atoms with E-state index in [4.69, 9.17) is 5.73 Å². The van der Waals surface area contributed by atoms with Gasteiger partial charge in [0.1, 0.15) is 5.82 Å². The first-order valence-electron chi connectivity index (χ1n) is 5.32. The quantitative estimate of drug-likeness (QED) is 0.738. The number of hydrogen-bond acceptors (Lipinski definition) is 3. The van der Waals surface area contributed by atoms with Crippen molar-refractivity contribution in [3.63, 3.8) is 0 Å². The maximum Gasteiger partial charge on any atom is 0.262 e. The highest BCUT2D eigenvalue weighted by Crippen LogP contribution is 2.28. The van der Waals surface area contributed by atoms with Gasteiger partial charge >= 0.3 is 0 Å². The van der Waals surface area contributed by atoms with Gasteiger partial charge in [0.2, 0.25) is 0 Å². The normalized spacial score (nSPS) is 11.3. The number of sulfonamides is 1. The molecule has 0 fully saturated rings. The fourth-order valence-corrected chi connectivity index (χ4v) is 3.37. The van der Waals surface area contributed by atoms with Crippen LogP contribution in [-0.4, -0.2) is 8.42 Å². The summed E-state index contributed by atoms with van der Waals surface area (Å²) in [6.45, 7) is 0. The maximum atomic E-state index is 13.4. The molecule has 0 amide bonds. The third kappa shape index (κ3) is 3.31. The summed E-state index contributed by atoms with van der Waals surface area (Å²) >= 11 is 6.49. The monoisotopic (exact) mass is 422 g/mol. The van der Waals surface area contributed by atoms with Crippen LogP contribution in [-0.2, 0) is 10.0 Å². The van der Waals surface area contributed by atoms with Crippen LogP contribution >= 0.6 is 31.9 Å². The third-order valence-corrected chi connectivity index (χ3v) is 5.00. The molecule has 4 nitrogen and oxygen atoms in total. The number of rotatable bonds is 3. The second kappa shape index (κ2) is 5.71. The van der Waals surface area contributed by atoms with Crippen LogP contribution < -0.4 is 10.5 Å². The average Bonchev–Trinajstić information content (AvgIpc) is 2.36. The van der Waals surface area contributed by atoms with Gasteiger partial charge in [0.25, 0.3) is 10.0 Å². The van der Waals surface area contributed by atoms with Crippen LogP contribution in [0.25, 0.3) is 0 Å². The Bertz CT molecular complexity index is 766. The van der Waals surface area contributed by atoms with Crippen molar-refractivity contribution in [1.29, 1.82) is 0 Å². The molecule has 3 N–H and O–H groups in total. The molecule has 0 aromatic heterocycles. The number of anilines is 2. The Morgan fingerprint density at radius 1 is 1.10 bits per heavy atom. The zero-order chi connectivity index (χ0) is 14.9. The van der Waals surface area contributed by atoms with Gasteiger partial charge in [0, 0.05) is 8.95 Å². The molecule has 0 saturated carbocycles. The third-order valence-electron chi connectivity index (χ3n) is 2.45. The van der Waals surface area contributed by atoms with Gasteiger partial charge < -0.3 is 5.73 Å². The molecule has 20 heavy (non-hydrogen) atoms. The van der Waals surface area contributed by atoms with Crippen LogP contribution in [0.15, 0.2) is 50.2 Å². The Kier molecular flexibility index (Phi) is 4.36. The SMILES string of the molecule is Nc1ccc(S(=O)(=O)Nc2cc(Br)ccc2Br)cc1F. The van der Waals surface area contributed by atoms with Crippen LogP contribution in [0.3, 0.4) is 0 Å². The van der Waals surface area contributed by atoms with Crippen LogP contribution in [0.5, 0.6) is 0 Å². The molecular formula is C12H9Br2FN2O2S. The maximum absolute atomic E-state index is 13.4. The van der Waals surface area contributed by atoms with Gasteiger partial charge in [-0.2, -0.15) is 0 Å². The van der Waals surface area contributed by atoms with Gasteiger partial charge in [-0.15, -0.1) is 0 Å². The standard InChI is InChI=1S/C12H9Br2FN2O2S/c13-7-1-3-9(14)12(5-7)17-20(18,19)8-2-4-11(16)10(15)6-8/h1-6,17H,16H2. The summed E-state index contributed by atoms with van der Waals surface area (Å²) in [5, 5.41) is 0. The molecule has 2 aromatic rings. The van der Waals surface area contributed by atoms with Gasteiger partial charge in [0.15, 0.2) is 0 Å². The molecule has 0 aliphatic heterocycles. The zero-order valence-corrected chi connectivity index (χ0v) is 13.9. The Labute approximate surface area is 132 Å². The van der Waals surface area contributed by atoms with Crippen molar-refractivity contribution in [3.05, 3.63) is 51.2 Å². The second-order valence-corrected chi connectivity index (χ2v) is 7.37. The minimum absolute atomic E-state index is 0.104. The minimum Gasteiger partial charge on any atom is -0.396 e. The molecule has 0 saturated heterocycles. The van der Waals surface area contributed by atoms with Crippen molar-refractivity contribution in [1.82, 2.24) is 0 Å². The van der Waals surface area contributed by atoms with Gasteiger partial charge in [-0.3, -0.25) is 4.72 Å². The topological polar surface area (TPSA) is 72.2 Å². The smallest absolute Gasteiger partial charge is 0.262 e. The molecule has 0 heterocycles. The van der Waals surface area contributed by atoms with E-state index in [2.05, 4.69) is 36.6 Å². The van der Waals surface area contributed by atoms with E-state index in [0.29, 0.717) is 14.6 Å². The first-order chi connectivity index (χ1) is 9.29. The Morgan fingerprint density at radius 3 is 2.45 bits per heavy atom. The Morgan fingerprint density at radius 2 is 1.80 bits per heavy atom. The van der Waals surface area contributed by atoms with Gasteiger partial charge in [-0.25, -0.2) is 12.8 Å². The number of nitrogens with one attached hydrogen (secondary N) is 1. The predicted octanol–water partition coefficient (Wildman–Crippen LogP) is 3.73. The summed E-state index contributed by atoms with van der Waals surface area (Å²) in [5.74, 6) is -0.777. The lowest BCUT2D eigenvalue weighted by molar-refractivity contribution is 0.596. The van der Waals surface area contributed by atoms with E-state index in [1.54, 1.807) is 18.2 Å². The van der Waals surface area contributed by atoms with Crippen LogP contribution in [0, 0.1) is 5.82 Å². The van der Waals surface area contributed by atoms with Crippen LogP contribution in [0.2, 0.25) is 0 Å². The Hall–Kier alpha value is -1.12. The van der Waals surface area contributed by atoms with E-state index in [9.17, 15) is 12.8 Å². The van der Waals surface area contributed by atoms with Crippen molar-refractivity contribution in [2.75, 3.05) is 10.5 Å². The first-order valence-corrected chi connectivity index (χ1v) is 8.39. The predicted molar refractivity (Wildman–Crippen MR) is 83.5 cm³/mol. The first kappa shape index (κ1) is 15.3. The van der Waals surface area contributed by atoms with E-state index in [0.717, 1.165) is 6.07 Å². The molecule has 106 valence electrons. The fraction of sp³-hybridized carbons (Fsp3) is 0. The molecule has 0 atom stereocenters. The summed E-state index contributed by atoms with van der Waals surface area (Å²) in [5.41, 5.74) is 5.56. The number of halogens is 3. The van der Waals surface area contributed by atoms with Crippen molar-refractivity contribution in [2.24, 2.45) is 0 Å². The lowest BCUT2D eigenvalue weighted by atomic mass is 10.3. The number of nitrogens with two attached hydrogens (primary N) is 1. The molecular weight excluding hydrogens is 415 g/mol. The highest BCUT2D eigenvalue weighted by atomic mass is 79.9. The molecule has 0 spiro atoms. The minimum atomic E-state index is -3.89. The lowest BCUT2D eigenvalue weighted by Gasteiger charge is -2.10. The number of hydrogen-bond donors (Lipinski definition) is 2. The van der Waals surface area contributed by atoms with Gasteiger partial charge in [0.05, 0.1) is 16.3 Å². The van der Waals surface area contributed by atoms with E-state index in [1.165, 1.54) is 12.1 Å². The van der Waals surface area contributed by atoms with E-state index < -0.39 is 15.8 Å². The number of benzene rings is 2. The van der Waals surface area contributed by atoms with E-state index >= 15 is 0 Å². The van der Waals surface area contributed by atoms with Crippen molar-refractivity contribution in [2.45, 2.75) is 4.90 Å². The van der Waals surface area contributed by atoms with Crippen molar-refractivity contribution < 1.29 is 12.8 Å². The van der Waals surface area contributed by atoms with E-state index in [-0.39, 0.29) is 10.6 Å². The zero-order valence-electron chi connectivity index (χ0n) is 9.90. The molecule has 2 rings (SSSR count). The van der Waals surface area contributed by atoms with Crippen molar-refractivity contribution in [3.8, 4) is 0 Å². The highest BCUT2D eigenvalue weighted by molar-refractivity contribution is 9.11. The molecule has 0 aliphatic rings. The number of nitrogen functional groups attached to an aromatic ring is 1. The van der Waals surface area contributed by atoms with Crippen LogP contribution in [0.4, 0.5) is 15.8 Å². The van der Waals surface area contributed by atoms with E-state index in [1.807, 2.05) is 0 Å². The summed E-state index contributed by atoms with van der Waals surface area (Å²) in [7, 11) is -3.89.